The number of carbonyl (C=O) groups excluding carboxylic acids is 2. The van der Waals surface area contributed by atoms with Gasteiger partial charge < -0.3 is 0 Å². The summed E-state index contributed by atoms with van der Waals surface area (Å²) < 4.78 is 0. The van der Waals surface area contributed by atoms with E-state index in [9.17, 15) is 9.59 Å². The number of nitrogens with one attached hydrogen (secondary N) is 2. The number of halogens is 3. The third-order valence-corrected chi connectivity index (χ3v) is 5.15. The molecule has 0 bridgehead atoms. The average Bonchev–Trinajstić information content (AvgIpc) is 2.56. The van der Waals surface area contributed by atoms with Gasteiger partial charge in [0.25, 0.3) is 11.8 Å². The molecule has 0 aliphatic carbocycles. The molecule has 1 atom stereocenters. The summed E-state index contributed by atoms with van der Waals surface area (Å²) in [4.78, 5) is 24.8. The highest BCUT2D eigenvalue weighted by Crippen LogP contribution is 2.32. The summed E-state index contributed by atoms with van der Waals surface area (Å²) in [6, 6.07) is 11.6. The monoisotopic (exact) mass is 402 g/mol. The highest BCUT2D eigenvalue weighted by Gasteiger charge is 2.17. The average molecular weight is 404 g/mol. The summed E-state index contributed by atoms with van der Waals surface area (Å²) in [6.07, 6.45) is 0. The van der Waals surface area contributed by atoms with E-state index in [-0.39, 0.29) is 11.5 Å². The highest BCUT2D eigenvalue weighted by molar-refractivity contribution is 8.00. The van der Waals surface area contributed by atoms with E-state index in [0.717, 1.165) is 0 Å². The van der Waals surface area contributed by atoms with Crippen LogP contribution >= 0.6 is 46.6 Å². The number of hydrogen-bond donors (Lipinski definition) is 2. The SMILES string of the molecule is CC(Sc1cc(Cl)ccc1Cl)C(=O)NNC(=O)c1ccccc1Cl. The van der Waals surface area contributed by atoms with E-state index < -0.39 is 11.2 Å². The van der Waals surface area contributed by atoms with Crippen LogP contribution in [0.4, 0.5) is 0 Å². The predicted molar refractivity (Wildman–Crippen MR) is 98.8 cm³/mol. The highest BCUT2D eigenvalue weighted by atomic mass is 35.5. The lowest BCUT2D eigenvalue weighted by molar-refractivity contribution is -0.121. The molecule has 2 aromatic carbocycles. The second kappa shape index (κ2) is 8.62. The molecule has 24 heavy (non-hydrogen) atoms. The minimum Gasteiger partial charge on any atom is -0.272 e. The minimum absolute atomic E-state index is 0.276. The van der Waals surface area contributed by atoms with Gasteiger partial charge in [0.05, 0.1) is 20.9 Å². The van der Waals surface area contributed by atoms with Gasteiger partial charge >= 0.3 is 0 Å². The lowest BCUT2D eigenvalue weighted by Gasteiger charge is -2.14. The molecule has 2 N–H and O–H groups in total. The Hall–Kier alpha value is -1.40. The summed E-state index contributed by atoms with van der Waals surface area (Å²) in [5.41, 5.74) is 4.98. The zero-order valence-electron chi connectivity index (χ0n) is 12.5. The minimum atomic E-state index is -0.494. The molecule has 4 nitrogen and oxygen atoms in total. The van der Waals surface area contributed by atoms with Gasteiger partial charge in [-0.25, -0.2) is 0 Å². The van der Waals surface area contributed by atoms with Gasteiger partial charge in [-0.3, -0.25) is 20.4 Å². The zero-order chi connectivity index (χ0) is 17.7. The molecule has 8 heteroatoms. The van der Waals surface area contributed by atoms with Gasteiger partial charge in [0.15, 0.2) is 0 Å². The molecule has 0 saturated heterocycles. The maximum Gasteiger partial charge on any atom is 0.271 e. The number of carbonyl (C=O) groups is 2. The molecule has 0 spiro atoms. The van der Waals surface area contributed by atoms with Crippen LogP contribution in [0.5, 0.6) is 0 Å². The van der Waals surface area contributed by atoms with Crippen LogP contribution in [0, 0.1) is 0 Å². The Labute approximate surface area is 158 Å². The molecule has 0 aliphatic rings. The van der Waals surface area contributed by atoms with Crippen molar-refractivity contribution in [2.24, 2.45) is 0 Å². The Morgan fingerprint density at radius 3 is 2.42 bits per heavy atom. The Morgan fingerprint density at radius 2 is 1.71 bits per heavy atom. The number of rotatable bonds is 4. The second-order valence-corrected chi connectivity index (χ2v) is 7.39. The van der Waals surface area contributed by atoms with E-state index in [1.807, 2.05) is 0 Å². The van der Waals surface area contributed by atoms with Crippen molar-refractivity contribution < 1.29 is 9.59 Å². The van der Waals surface area contributed by atoms with E-state index in [1.54, 1.807) is 49.4 Å². The van der Waals surface area contributed by atoms with E-state index >= 15 is 0 Å². The van der Waals surface area contributed by atoms with Crippen molar-refractivity contribution in [1.29, 1.82) is 0 Å². The van der Waals surface area contributed by atoms with Crippen LogP contribution < -0.4 is 10.9 Å². The molecule has 0 heterocycles. The lowest BCUT2D eigenvalue weighted by atomic mass is 10.2. The van der Waals surface area contributed by atoms with Gasteiger partial charge in [-0.15, -0.1) is 11.8 Å². The molecule has 0 aromatic heterocycles. The fraction of sp³-hybridized carbons (Fsp3) is 0.125. The van der Waals surface area contributed by atoms with Gasteiger partial charge in [0, 0.05) is 9.92 Å². The summed E-state index contributed by atoms with van der Waals surface area (Å²) in [7, 11) is 0. The molecule has 2 aromatic rings. The Kier molecular flexibility index (Phi) is 6.80. The van der Waals surface area contributed by atoms with Crippen molar-refractivity contribution in [2.75, 3.05) is 0 Å². The predicted octanol–water partition coefficient (Wildman–Crippen LogP) is 4.59. The number of amides is 2. The number of thioether (sulfide) groups is 1. The number of hydrogen-bond acceptors (Lipinski definition) is 3. The van der Waals surface area contributed by atoms with Crippen LogP contribution in [0.25, 0.3) is 0 Å². The molecular formula is C16H13Cl3N2O2S. The smallest absolute Gasteiger partial charge is 0.271 e. The topological polar surface area (TPSA) is 58.2 Å². The first-order valence-corrected chi connectivity index (χ1v) is 8.86. The van der Waals surface area contributed by atoms with Crippen LogP contribution in [0.15, 0.2) is 47.4 Å². The third kappa shape index (κ3) is 5.05. The molecule has 1 unspecified atom stereocenters. The molecule has 0 fully saturated rings. The normalized spacial score (nSPS) is 11.7. The van der Waals surface area contributed by atoms with Crippen LogP contribution in [0.3, 0.4) is 0 Å². The van der Waals surface area contributed by atoms with Crippen molar-refractivity contribution in [1.82, 2.24) is 10.9 Å². The summed E-state index contributed by atoms with van der Waals surface area (Å²) in [5, 5.41) is 0.843. The zero-order valence-corrected chi connectivity index (χ0v) is 15.6. The maximum atomic E-state index is 12.1. The first kappa shape index (κ1) is 18.9. The van der Waals surface area contributed by atoms with Crippen LogP contribution in [0.2, 0.25) is 15.1 Å². The van der Waals surface area contributed by atoms with Gasteiger partial charge in [0.1, 0.15) is 0 Å². The van der Waals surface area contributed by atoms with Crippen molar-refractivity contribution in [3.05, 3.63) is 63.1 Å². The molecule has 2 amide bonds. The maximum absolute atomic E-state index is 12.1. The Balaban J connectivity index is 1.93. The third-order valence-electron chi connectivity index (χ3n) is 2.98. The molecular weight excluding hydrogens is 391 g/mol. The first-order chi connectivity index (χ1) is 11.4. The molecule has 2 rings (SSSR count). The van der Waals surface area contributed by atoms with Crippen LogP contribution in [0.1, 0.15) is 17.3 Å². The van der Waals surface area contributed by atoms with Gasteiger partial charge in [-0.05, 0) is 37.3 Å². The van der Waals surface area contributed by atoms with Crippen molar-refractivity contribution in [3.8, 4) is 0 Å². The molecule has 0 saturated carbocycles. The largest absolute Gasteiger partial charge is 0.272 e. The summed E-state index contributed by atoms with van der Waals surface area (Å²) in [5.74, 6) is -0.872. The van der Waals surface area contributed by atoms with E-state index in [2.05, 4.69) is 10.9 Å². The molecule has 0 radical (unpaired) electrons. The van der Waals surface area contributed by atoms with Crippen LogP contribution in [-0.2, 0) is 4.79 Å². The molecule has 126 valence electrons. The quantitative estimate of drug-likeness (QED) is 0.580. The van der Waals surface area contributed by atoms with Crippen molar-refractivity contribution in [2.45, 2.75) is 17.1 Å². The molecule has 0 aliphatic heterocycles. The van der Waals surface area contributed by atoms with E-state index in [4.69, 9.17) is 34.8 Å². The second-order valence-electron chi connectivity index (χ2n) is 4.76. The Morgan fingerprint density at radius 1 is 1.00 bits per heavy atom. The summed E-state index contributed by atoms with van der Waals surface area (Å²) >= 11 is 19.2. The first-order valence-electron chi connectivity index (χ1n) is 6.85. The van der Waals surface area contributed by atoms with E-state index in [1.165, 1.54) is 11.8 Å². The van der Waals surface area contributed by atoms with Crippen molar-refractivity contribution >= 4 is 58.4 Å². The van der Waals surface area contributed by atoms with Crippen molar-refractivity contribution in [3.63, 3.8) is 0 Å². The fourth-order valence-corrected chi connectivity index (χ4v) is 3.38. The number of hydrazine groups is 1. The van der Waals surface area contributed by atoms with E-state index in [0.29, 0.717) is 20.0 Å². The fourth-order valence-electron chi connectivity index (χ4n) is 1.74. The summed E-state index contributed by atoms with van der Waals surface area (Å²) in [6.45, 7) is 1.69. The van der Waals surface area contributed by atoms with Crippen LogP contribution in [-0.4, -0.2) is 17.1 Å². The Bertz CT molecular complexity index is 771. The lowest BCUT2D eigenvalue weighted by Crippen LogP contribution is -2.45. The van der Waals surface area contributed by atoms with Gasteiger partial charge in [-0.2, -0.15) is 0 Å². The standard InChI is InChI=1S/C16H13Cl3N2O2S/c1-9(24-14-8-10(17)6-7-13(14)19)15(22)20-21-16(23)11-4-2-3-5-12(11)18/h2-9H,1H3,(H,20,22)(H,21,23). The number of benzene rings is 2. The van der Waals surface area contributed by atoms with Gasteiger partial charge in [0.2, 0.25) is 0 Å². The van der Waals surface area contributed by atoms with Gasteiger partial charge in [-0.1, -0.05) is 46.9 Å².